The van der Waals surface area contributed by atoms with Crippen molar-refractivity contribution in [1.82, 2.24) is 10.2 Å². The van der Waals surface area contributed by atoms with Gasteiger partial charge in [0, 0.05) is 19.1 Å². The number of hydrogen-bond acceptors (Lipinski definition) is 2. The van der Waals surface area contributed by atoms with Gasteiger partial charge in [0.25, 0.3) is 0 Å². The lowest BCUT2D eigenvalue weighted by molar-refractivity contribution is 0.158. The monoisotopic (exact) mass is 284 g/mol. The normalized spacial score (nSPS) is 19.9. The molecule has 2 rings (SSSR count). The van der Waals surface area contributed by atoms with Crippen molar-refractivity contribution in [3.05, 3.63) is 34.6 Å². The van der Waals surface area contributed by atoms with Gasteiger partial charge in [-0.25, -0.2) is 4.39 Å². The first-order valence-corrected chi connectivity index (χ1v) is 7.47. The molecule has 1 aliphatic rings. The Bertz CT molecular complexity index is 405. The van der Waals surface area contributed by atoms with E-state index in [9.17, 15) is 4.39 Å². The number of hydrogen-bond donors (Lipinski definition) is 1. The number of nitrogens with zero attached hydrogens (tertiary/aromatic N) is 1. The van der Waals surface area contributed by atoms with Crippen molar-refractivity contribution < 1.29 is 4.39 Å². The van der Waals surface area contributed by atoms with Gasteiger partial charge in [-0.15, -0.1) is 0 Å². The molecule has 0 aliphatic carbocycles. The predicted octanol–water partition coefficient (Wildman–Crippen LogP) is 3.44. The summed E-state index contributed by atoms with van der Waals surface area (Å²) in [5.41, 5.74) is 1.00. The van der Waals surface area contributed by atoms with Gasteiger partial charge in [-0.3, -0.25) is 4.90 Å². The maximum atomic E-state index is 13.5. The zero-order valence-corrected chi connectivity index (χ0v) is 12.2. The fraction of sp³-hybridized carbons (Fsp3) is 0.600. The van der Waals surface area contributed by atoms with Crippen molar-refractivity contribution in [2.75, 3.05) is 19.6 Å². The quantitative estimate of drug-likeness (QED) is 0.891. The second-order valence-corrected chi connectivity index (χ2v) is 5.63. The van der Waals surface area contributed by atoms with Crippen molar-refractivity contribution in [2.45, 2.75) is 38.8 Å². The Morgan fingerprint density at radius 1 is 1.47 bits per heavy atom. The molecule has 0 amide bonds. The van der Waals surface area contributed by atoms with Crippen molar-refractivity contribution in [1.29, 1.82) is 0 Å². The molecule has 4 heteroatoms. The summed E-state index contributed by atoms with van der Waals surface area (Å²) < 4.78 is 13.5. The van der Waals surface area contributed by atoms with Gasteiger partial charge in [-0.1, -0.05) is 24.6 Å². The summed E-state index contributed by atoms with van der Waals surface area (Å²) in [5, 5.41) is 3.64. The topological polar surface area (TPSA) is 15.3 Å². The Morgan fingerprint density at radius 3 is 2.95 bits per heavy atom. The fourth-order valence-electron chi connectivity index (χ4n) is 2.70. The van der Waals surface area contributed by atoms with E-state index in [4.69, 9.17) is 11.6 Å². The maximum absolute atomic E-state index is 13.5. The summed E-state index contributed by atoms with van der Waals surface area (Å²) in [6.07, 6.45) is 3.56. The molecule has 1 aromatic carbocycles. The number of rotatable bonds is 5. The van der Waals surface area contributed by atoms with Gasteiger partial charge in [-0.05, 0) is 50.0 Å². The Kier molecular flexibility index (Phi) is 5.61. The summed E-state index contributed by atoms with van der Waals surface area (Å²) in [6.45, 7) is 6.19. The highest BCUT2D eigenvalue weighted by atomic mass is 35.5. The molecule has 0 spiro atoms. The van der Waals surface area contributed by atoms with E-state index in [1.165, 1.54) is 12.8 Å². The lowest BCUT2D eigenvalue weighted by atomic mass is 10.0. The van der Waals surface area contributed by atoms with Gasteiger partial charge in [0.2, 0.25) is 0 Å². The van der Waals surface area contributed by atoms with Crippen LogP contribution in [-0.4, -0.2) is 30.6 Å². The number of benzene rings is 1. The highest BCUT2D eigenvalue weighted by Crippen LogP contribution is 2.19. The van der Waals surface area contributed by atoms with Crippen molar-refractivity contribution in [2.24, 2.45) is 0 Å². The standard InChI is InChI=1S/C15H22ClFN2/c1-2-8-19(13-4-3-7-18-10-13)11-12-5-6-14(16)15(17)9-12/h5-6,9,13,18H,2-4,7-8,10-11H2,1H3. The molecule has 1 unspecified atom stereocenters. The second-order valence-electron chi connectivity index (χ2n) is 5.22. The molecule has 1 atom stereocenters. The van der Waals surface area contributed by atoms with E-state index in [0.717, 1.165) is 38.2 Å². The molecule has 1 N–H and O–H groups in total. The molecule has 1 aromatic rings. The molecule has 0 aromatic heterocycles. The smallest absolute Gasteiger partial charge is 0.142 e. The van der Waals surface area contributed by atoms with Crippen LogP contribution in [0.3, 0.4) is 0 Å². The second kappa shape index (κ2) is 7.22. The van der Waals surface area contributed by atoms with Gasteiger partial charge in [0.1, 0.15) is 5.82 Å². The zero-order chi connectivity index (χ0) is 13.7. The first-order chi connectivity index (χ1) is 9.20. The molecule has 0 radical (unpaired) electrons. The van der Waals surface area contributed by atoms with Crippen LogP contribution in [-0.2, 0) is 6.54 Å². The Hall–Kier alpha value is -0.640. The molecule has 1 fully saturated rings. The van der Waals surface area contributed by atoms with Gasteiger partial charge >= 0.3 is 0 Å². The number of nitrogens with one attached hydrogen (secondary N) is 1. The van der Waals surface area contributed by atoms with Crippen LogP contribution in [0.25, 0.3) is 0 Å². The van der Waals surface area contributed by atoms with E-state index >= 15 is 0 Å². The van der Waals surface area contributed by atoms with E-state index in [1.54, 1.807) is 12.1 Å². The molecular weight excluding hydrogens is 263 g/mol. The van der Waals surface area contributed by atoms with Crippen molar-refractivity contribution in [3.8, 4) is 0 Å². The molecule has 19 heavy (non-hydrogen) atoms. The third kappa shape index (κ3) is 4.16. The Labute approximate surface area is 119 Å². The summed E-state index contributed by atoms with van der Waals surface area (Å²) in [6, 6.07) is 5.69. The van der Waals surface area contributed by atoms with Gasteiger partial charge < -0.3 is 5.32 Å². The largest absolute Gasteiger partial charge is 0.315 e. The zero-order valence-electron chi connectivity index (χ0n) is 11.5. The van der Waals surface area contributed by atoms with Crippen molar-refractivity contribution in [3.63, 3.8) is 0 Å². The molecule has 0 bridgehead atoms. The third-order valence-electron chi connectivity index (χ3n) is 3.67. The minimum absolute atomic E-state index is 0.199. The van der Waals surface area contributed by atoms with E-state index in [0.29, 0.717) is 6.04 Å². The summed E-state index contributed by atoms with van der Waals surface area (Å²) in [4.78, 5) is 2.45. The molecule has 1 aliphatic heterocycles. The minimum atomic E-state index is -0.322. The molecular formula is C15H22ClFN2. The fourth-order valence-corrected chi connectivity index (χ4v) is 2.81. The van der Waals surface area contributed by atoms with E-state index < -0.39 is 0 Å². The van der Waals surface area contributed by atoms with Crippen LogP contribution in [0, 0.1) is 5.82 Å². The highest BCUT2D eigenvalue weighted by Gasteiger charge is 2.20. The molecule has 1 heterocycles. The van der Waals surface area contributed by atoms with Crippen LogP contribution in [0.5, 0.6) is 0 Å². The Balaban J connectivity index is 2.04. The van der Waals surface area contributed by atoms with Crippen LogP contribution in [0.15, 0.2) is 18.2 Å². The SMILES string of the molecule is CCCN(Cc1ccc(Cl)c(F)c1)C1CCCNC1. The number of halogens is 2. The Morgan fingerprint density at radius 2 is 2.32 bits per heavy atom. The van der Waals surface area contributed by atoms with E-state index in [-0.39, 0.29) is 10.8 Å². The van der Waals surface area contributed by atoms with Crippen LogP contribution < -0.4 is 5.32 Å². The van der Waals surface area contributed by atoms with Crippen LogP contribution >= 0.6 is 11.6 Å². The summed E-state index contributed by atoms with van der Waals surface area (Å²) in [7, 11) is 0. The first kappa shape index (κ1) is 14.8. The molecule has 106 valence electrons. The molecule has 2 nitrogen and oxygen atoms in total. The van der Waals surface area contributed by atoms with Crippen molar-refractivity contribution >= 4 is 11.6 Å². The average Bonchev–Trinajstić information content (AvgIpc) is 2.43. The predicted molar refractivity (Wildman–Crippen MR) is 78.0 cm³/mol. The van der Waals surface area contributed by atoms with E-state index in [2.05, 4.69) is 17.1 Å². The summed E-state index contributed by atoms with van der Waals surface area (Å²) in [5.74, 6) is -0.322. The van der Waals surface area contributed by atoms with Gasteiger partial charge in [0.15, 0.2) is 0 Å². The van der Waals surface area contributed by atoms with Crippen LogP contribution in [0.1, 0.15) is 31.7 Å². The van der Waals surface area contributed by atoms with Gasteiger partial charge in [0.05, 0.1) is 5.02 Å². The lowest BCUT2D eigenvalue weighted by Gasteiger charge is -2.34. The first-order valence-electron chi connectivity index (χ1n) is 7.09. The third-order valence-corrected chi connectivity index (χ3v) is 3.97. The highest BCUT2D eigenvalue weighted by molar-refractivity contribution is 6.30. The maximum Gasteiger partial charge on any atom is 0.142 e. The van der Waals surface area contributed by atoms with Gasteiger partial charge in [-0.2, -0.15) is 0 Å². The summed E-state index contributed by atoms with van der Waals surface area (Å²) >= 11 is 5.73. The average molecular weight is 285 g/mol. The number of piperidine rings is 1. The lowest BCUT2D eigenvalue weighted by Crippen LogP contribution is -2.45. The molecule has 0 saturated carbocycles. The van der Waals surface area contributed by atoms with E-state index in [1.807, 2.05) is 6.07 Å². The molecule has 1 saturated heterocycles. The van der Waals surface area contributed by atoms with Crippen LogP contribution in [0.2, 0.25) is 5.02 Å². The minimum Gasteiger partial charge on any atom is -0.315 e. The van der Waals surface area contributed by atoms with Crippen LogP contribution in [0.4, 0.5) is 4.39 Å².